The molecule has 0 aliphatic carbocycles. The van der Waals surface area contributed by atoms with E-state index in [2.05, 4.69) is 46.5 Å². The Hall–Kier alpha value is -1.39. The maximum absolute atomic E-state index is 5.25. The number of methoxy groups -OCH3 is 1. The van der Waals surface area contributed by atoms with E-state index < -0.39 is 0 Å². The quantitative estimate of drug-likeness (QED) is 0.277. The number of aliphatic imine (C=N–C) groups is 1. The van der Waals surface area contributed by atoms with E-state index in [0.29, 0.717) is 5.92 Å². The van der Waals surface area contributed by atoms with Crippen LogP contribution in [0.3, 0.4) is 0 Å². The Morgan fingerprint density at radius 1 is 1.23 bits per heavy atom. The summed E-state index contributed by atoms with van der Waals surface area (Å²) in [7, 11) is 1.71. The highest BCUT2D eigenvalue weighted by atomic mass is 127. The first kappa shape index (κ1) is 25.9. The highest BCUT2D eigenvalue weighted by Gasteiger charge is 2.19. The number of likely N-dealkylation sites (tertiary alicyclic amines) is 1. The van der Waals surface area contributed by atoms with Crippen LogP contribution in [0.1, 0.15) is 35.2 Å². The summed E-state index contributed by atoms with van der Waals surface area (Å²) in [5, 5.41) is 8.00. The second-order valence-corrected chi connectivity index (χ2v) is 9.15. The fraction of sp³-hybridized carbons (Fsp3) is 0.565. The Bertz CT molecular complexity index is 788. The van der Waals surface area contributed by atoms with Gasteiger partial charge in [0.15, 0.2) is 5.96 Å². The molecule has 1 fully saturated rings. The van der Waals surface area contributed by atoms with Gasteiger partial charge in [0, 0.05) is 43.7 Å². The number of nitrogens with one attached hydrogen (secondary N) is 2. The van der Waals surface area contributed by atoms with Crippen LogP contribution in [0.2, 0.25) is 0 Å². The van der Waals surface area contributed by atoms with Gasteiger partial charge in [-0.1, -0.05) is 12.1 Å². The molecule has 1 aromatic heterocycles. The van der Waals surface area contributed by atoms with Crippen molar-refractivity contribution in [2.75, 3.05) is 39.8 Å². The molecule has 31 heavy (non-hydrogen) atoms. The number of piperidine rings is 1. The third kappa shape index (κ3) is 8.94. The fourth-order valence-corrected chi connectivity index (χ4v) is 4.47. The van der Waals surface area contributed by atoms with Crippen molar-refractivity contribution in [2.45, 2.75) is 39.7 Å². The summed E-state index contributed by atoms with van der Waals surface area (Å²) in [6.45, 7) is 10.1. The number of thiazole rings is 1. The summed E-state index contributed by atoms with van der Waals surface area (Å²) < 4.78 is 5.25. The average molecular weight is 558 g/mol. The summed E-state index contributed by atoms with van der Waals surface area (Å²) in [5.74, 6) is 2.50. The van der Waals surface area contributed by atoms with E-state index >= 15 is 0 Å². The lowest BCUT2D eigenvalue weighted by atomic mass is 9.96. The Morgan fingerprint density at radius 3 is 2.58 bits per heavy atom. The molecule has 0 spiro atoms. The zero-order chi connectivity index (χ0) is 21.2. The summed E-state index contributed by atoms with van der Waals surface area (Å²) in [6, 6.07) is 8.41. The lowest BCUT2D eigenvalue weighted by Gasteiger charge is -2.31. The van der Waals surface area contributed by atoms with Crippen molar-refractivity contribution in [3.05, 3.63) is 45.9 Å². The van der Waals surface area contributed by atoms with E-state index in [9.17, 15) is 0 Å². The van der Waals surface area contributed by atoms with Crippen LogP contribution in [-0.2, 0) is 13.0 Å². The van der Waals surface area contributed by atoms with Gasteiger partial charge >= 0.3 is 0 Å². The number of ether oxygens (including phenoxy) is 1. The zero-order valence-corrected chi connectivity index (χ0v) is 22.0. The molecule has 3 rings (SSSR count). The number of benzene rings is 1. The van der Waals surface area contributed by atoms with E-state index in [1.54, 1.807) is 18.4 Å². The van der Waals surface area contributed by atoms with Crippen LogP contribution in [0.25, 0.3) is 0 Å². The van der Waals surface area contributed by atoms with E-state index in [4.69, 9.17) is 9.73 Å². The first-order valence-electron chi connectivity index (χ1n) is 10.9. The summed E-state index contributed by atoms with van der Waals surface area (Å²) in [6.07, 6.45) is 5.29. The van der Waals surface area contributed by atoms with Crippen LogP contribution < -0.4 is 15.4 Å². The molecule has 0 atom stereocenters. The van der Waals surface area contributed by atoms with Crippen molar-refractivity contribution in [3.8, 4) is 5.75 Å². The van der Waals surface area contributed by atoms with Gasteiger partial charge in [0.25, 0.3) is 0 Å². The molecular formula is C23H36IN5OS. The molecule has 0 unspecified atom stereocenters. The molecule has 2 heterocycles. The summed E-state index contributed by atoms with van der Waals surface area (Å²) in [5.41, 5.74) is 1.35. The van der Waals surface area contributed by atoms with Gasteiger partial charge in [0.1, 0.15) is 5.75 Å². The Balaban J connectivity index is 0.00000341. The third-order valence-corrected chi connectivity index (χ3v) is 6.40. The van der Waals surface area contributed by atoms with E-state index in [1.165, 1.54) is 28.3 Å². The number of aryl methyl sites for hydroxylation is 1. The molecule has 1 aromatic carbocycles. The number of nitrogens with zero attached hydrogens (tertiary/aromatic N) is 3. The van der Waals surface area contributed by atoms with Gasteiger partial charge in [-0.15, -0.1) is 35.3 Å². The largest absolute Gasteiger partial charge is 0.497 e. The fourth-order valence-electron chi connectivity index (χ4n) is 3.68. The van der Waals surface area contributed by atoms with Crippen LogP contribution in [0.15, 0.2) is 35.5 Å². The molecule has 2 N–H and O–H groups in total. The van der Waals surface area contributed by atoms with Crippen molar-refractivity contribution in [2.24, 2.45) is 10.9 Å². The van der Waals surface area contributed by atoms with Gasteiger partial charge in [-0.05, 0) is 63.4 Å². The maximum atomic E-state index is 5.25. The maximum Gasteiger partial charge on any atom is 0.191 e. The lowest BCUT2D eigenvalue weighted by molar-refractivity contribution is 0.180. The highest BCUT2D eigenvalue weighted by molar-refractivity contribution is 14.0. The van der Waals surface area contributed by atoms with E-state index in [1.807, 2.05) is 18.3 Å². The normalized spacial score (nSPS) is 15.4. The number of hydrogen-bond acceptors (Lipinski definition) is 5. The molecule has 8 heteroatoms. The molecule has 1 saturated heterocycles. The molecule has 6 nitrogen and oxygen atoms in total. The van der Waals surface area contributed by atoms with Crippen molar-refractivity contribution in [1.29, 1.82) is 0 Å². The SMILES string of the molecule is CCNC(=NCC1CCN(Cc2ccc(OC)cc2)CC1)NCCc1ncc(C)s1.I. The molecule has 0 bridgehead atoms. The monoisotopic (exact) mass is 557 g/mol. The van der Waals surface area contributed by atoms with Crippen LogP contribution in [0.5, 0.6) is 5.75 Å². The molecule has 0 amide bonds. The Labute approximate surface area is 207 Å². The number of guanidine groups is 1. The van der Waals surface area contributed by atoms with Crippen molar-refractivity contribution in [3.63, 3.8) is 0 Å². The van der Waals surface area contributed by atoms with Gasteiger partial charge < -0.3 is 15.4 Å². The molecule has 2 aromatic rings. The van der Waals surface area contributed by atoms with E-state index in [0.717, 1.165) is 57.4 Å². The van der Waals surface area contributed by atoms with E-state index in [-0.39, 0.29) is 24.0 Å². The second-order valence-electron chi connectivity index (χ2n) is 7.83. The summed E-state index contributed by atoms with van der Waals surface area (Å²) in [4.78, 5) is 13.1. The lowest BCUT2D eigenvalue weighted by Crippen LogP contribution is -2.39. The molecule has 0 radical (unpaired) electrons. The number of halogens is 1. The number of rotatable bonds is 9. The van der Waals surface area contributed by atoms with Crippen LogP contribution in [-0.4, -0.2) is 55.7 Å². The molecule has 172 valence electrons. The summed E-state index contributed by atoms with van der Waals surface area (Å²) >= 11 is 1.77. The van der Waals surface area contributed by atoms with Crippen LogP contribution >= 0.6 is 35.3 Å². The van der Waals surface area contributed by atoms with Crippen molar-refractivity contribution in [1.82, 2.24) is 20.5 Å². The topological polar surface area (TPSA) is 61.8 Å². The Morgan fingerprint density at radius 2 is 1.97 bits per heavy atom. The first-order chi connectivity index (χ1) is 14.7. The zero-order valence-electron chi connectivity index (χ0n) is 18.9. The predicted molar refractivity (Wildman–Crippen MR) is 141 cm³/mol. The molecule has 0 saturated carbocycles. The van der Waals surface area contributed by atoms with Crippen LogP contribution in [0.4, 0.5) is 0 Å². The third-order valence-electron chi connectivity index (χ3n) is 5.42. The highest BCUT2D eigenvalue weighted by Crippen LogP contribution is 2.20. The average Bonchev–Trinajstić information content (AvgIpc) is 3.18. The van der Waals surface area contributed by atoms with Crippen molar-refractivity contribution >= 4 is 41.3 Å². The second kappa shape index (κ2) is 13.9. The van der Waals surface area contributed by atoms with Gasteiger partial charge in [-0.25, -0.2) is 4.98 Å². The first-order valence-corrected chi connectivity index (χ1v) is 11.8. The standard InChI is InChI=1S/C23H35N5OS.HI/c1-4-24-23(25-12-9-22-26-15-18(2)30-22)27-16-19-10-13-28(14-11-19)17-20-5-7-21(29-3)8-6-20;/h5-8,15,19H,4,9-14,16-17H2,1-3H3,(H2,24,25,27);1H. The Kier molecular flexibility index (Phi) is 11.6. The number of aromatic nitrogens is 1. The minimum Gasteiger partial charge on any atom is -0.497 e. The molecule has 1 aliphatic rings. The van der Waals surface area contributed by atoms with Crippen molar-refractivity contribution < 1.29 is 4.74 Å². The smallest absolute Gasteiger partial charge is 0.191 e. The number of hydrogen-bond donors (Lipinski definition) is 2. The minimum atomic E-state index is 0. The van der Waals surface area contributed by atoms with Gasteiger partial charge in [-0.2, -0.15) is 0 Å². The van der Waals surface area contributed by atoms with Crippen LogP contribution in [0, 0.1) is 12.8 Å². The predicted octanol–water partition coefficient (Wildman–Crippen LogP) is 4.09. The van der Waals surface area contributed by atoms with Gasteiger partial charge in [0.05, 0.1) is 12.1 Å². The molecular weight excluding hydrogens is 521 g/mol. The minimum absolute atomic E-state index is 0. The van der Waals surface area contributed by atoms with Gasteiger partial charge in [0.2, 0.25) is 0 Å². The van der Waals surface area contributed by atoms with Gasteiger partial charge in [-0.3, -0.25) is 9.89 Å². The molecule has 1 aliphatic heterocycles.